The van der Waals surface area contributed by atoms with Gasteiger partial charge in [-0.05, 0) is 37.1 Å². The number of halogens is 1. The zero-order valence-electron chi connectivity index (χ0n) is 12.8. The summed E-state index contributed by atoms with van der Waals surface area (Å²) in [4.78, 5) is 0.259. The van der Waals surface area contributed by atoms with E-state index < -0.39 is 10.0 Å². The van der Waals surface area contributed by atoms with Crippen molar-refractivity contribution in [3.8, 4) is 5.75 Å². The molecule has 0 fully saturated rings. The average Bonchev–Trinajstić information content (AvgIpc) is 2.46. The van der Waals surface area contributed by atoms with Crippen molar-refractivity contribution < 1.29 is 17.9 Å². The van der Waals surface area contributed by atoms with E-state index in [1.54, 1.807) is 46.4 Å². The third-order valence-corrected chi connectivity index (χ3v) is 5.58. The van der Waals surface area contributed by atoms with Gasteiger partial charge in [-0.1, -0.05) is 0 Å². The Bertz CT molecular complexity index is 562. The highest BCUT2D eigenvalue weighted by Crippen LogP contribution is 2.26. The molecule has 0 aromatic heterocycles. The second kappa shape index (κ2) is 7.98. The fraction of sp³-hybridized carbons (Fsp3) is 0.571. The van der Waals surface area contributed by atoms with Gasteiger partial charge < -0.3 is 9.47 Å². The first kappa shape index (κ1) is 18.2. The van der Waals surface area contributed by atoms with Gasteiger partial charge in [-0.15, -0.1) is 11.6 Å². The first-order valence-electron chi connectivity index (χ1n) is 6.58. The molecule has 120 valence electrons. The number of aryl methyl sites for hydroxylation is 1. The zero-order valence-corrected chi connectivity index (χ0v) is 14.4. The van der Waals surface area contributed by atoms with Crippen molar-refractivity contribution >= 4 is 21.6 Å². The quantitative estimate of drug-likeness (QED) is 0.683. The summed E-state index contributed by atoms with van der Waals surface area (Å²) >= 11 is 5.78. The molecule has 1 rings (SSSR count). The van der Waals surface area contributed by atoms with Crippen LogP contribution in [0.2, 0.25) is 0 Å². The molecule has 1 aromatic rings. The predicted molar refractivity (Wildman–Crippen MR) is 83.7 cm³/mol. The third-order valence-electron chi connectivity index (χ3n) is 3.32. The van der Waals surface area contributed by atoms with Crippen LogP contribution in [0.4, 0.5) is 0 Å². The molecule has 21 heavy (non-hydrogen) atoms. The largest absolute Gasteiger partial charge is 0.497 e. The van der Waals surface area contributed by atoms with E-state index in [1.165, 1.54) is 4.31 Å². The standard InChI is InChI=1S/C14H22ClNO4S/c1-11(10-19-3)16(2)21(17,18)14-6-5-13(20-4)9-12(14)7-8-15/h5-6,9,11H,7-8,10H2,1-4H3. The first-order chi connectivity index (χ1) is 9.88. The van der Waals surface area contributed by atoms with Gasteiger partial charge in [0.2, 0.25) is 10.0 Å². The van der Waals surface area contributed by atoms with Crippen LogP contribution in [0.1, 0.15) is 12.5 Å². The Balaban J connectivity index is 3.23. The van der Waals surface area contributed by atoms with Crippen LogP contribution in [0.15, 0.2) is 23.1 Å². The number of ether oxygens (including phenoxy) is 2. The SMILES string of the molecule is COCC(C)N(C)S(=O)(=O)c1ccc(OC)cc1CCCl. The van der Waals surface area contributed by atoms with Crippen LogP contribution in [0, 0.1) is 0 Å². The van der Waals surface area contributed by atoms with Crippen LogP contribution in [-0.2, 0) is 21.2 Å². The summed E-state index contributed by atoms with van der Waals surface area (Å²) in [5.41, 5.74) is 0.654. The Morgan fingerprint density at radius 3 is 2.52 bits per heavy atom. The molecule has 0 saturated heterocycles. The van der Waals surface area contributed by atoms with Crippen molar-refractivity contribution in [2.75, 3.05) is 33.8 Å². The van der Waals surface area contributed by atoms with E-state index in [1.807, 2.05) is 0 Å². The lowest BCUT2D eigenvalue weighted by molar-refractivity contribution is 0.149. The summed E-state index contributed by atoms with van der Waals surface area (Å²) in [5, 5.41) is 0. The van der Waals surface area contributed by atoms with Crippen molar-refractivity contribution in [1.29, 1.82) is 0 Å². The molecule has 0 aliphatic heterocycles. The van der Waals surface area contributed by atoms with Crippen LogP contribution in [0.3, 0.4) is 0 Å². The third kappa shape index (κ3) is 4.32. The molecule has 0 aliphatic rings. The molecule has 0 aliphatic carbocycles. The monoisotopic (exact) mass is 335 g/mol. The van der Waals surface area contributed by atoms with Crippen LogP contribution in [0.5, 0.6) is 5.75 Å². The molecule has 0 amide bonds. The van der Waals surface area contributed by atoms with Gasteiger partial charge in [0.15, 0.2) is 0 Å². The Morgan fingerprint density at radius 2 is 2.00 bits per heavy atom. The van der Waals surface area contributed by atoms with E-state index in [4.69, 9.17) is 21.1 Å². The van der Waals surface area contributed by atoms with Crippen molar-refractivity contribution in [1.82, 2.24) is 4.31 Å². The van der Waals surface area contributed by atoms with Gasteiger partial charge in [-0.2, -0.15) is 4.31 Å². The molecule has 0 radical (unpaired) electrons. The second-order valence-electron chi connectivity index (χ2n) is 4.74. The number of hydrogen-bond donors (Lipinski definition) is 0. The Labute approximate surface area is 131 Å². The van der Waals surface area contributed by atoms with Gasteiger partial charge in [-0.25, -0.2) is 8.42 Å². The first-order valence-corrected chi connectivity index (χ1v) is 8.55. The van der Waals surface area contributed by atoms with Crippen LogP contribution >= 0.6 is 11.6 Å². The summed E-state index contributed by atoms with van der Waals surface area (Å²) in [6.45, 7) is 2.13. The highest BCUT2D eigenvalue weighted by atomic mass is 35.5. The van der Waals surface area contributed by atoms with Crippen LogP contribution in [0.25, 0.3) is 0 Å². The number of alkyl halides is 1. The lowest BCUT2D eigenvalue weighted by Crippen LogP contribution is -2.38. The summed E-state index contributed by atoms with van der Waals surface area (Å²) < 4.78 is 36.9. The number of rotatable bonds is 8. The minimum atomic E-state index is -3.60. The second-order valence-corrected chi connectivity index (χ2v) is 7.08. The fourth-order valence-corrected chi connectivity index (χ4v) is 3.75. The Hall–Kier alpha value is -0.820. The summed E-state index contributed by atoms with van der Waals surface area (Å²) in [7, 11) is 1.04. The van der Waals surface area contributed by atoms with Crippen molar-refractivity contribution in [3.05, 3.63) is 23.8 Å². The molecule has 0 heterocycles. The normalized spacial score (nSPS) is 13.4. The van der Waals surface area contributed by atoms with Gasteiger partial charge in [0.05, 0.1) is 18.6 Å². The fourth-order valence-electron chi connectivity index (χ4n) is 1.97. The molecule has 0 saturated carbocycles. The number of benzene rings is 1. The van der Waals surface area contributed by atoms with E-state index in [0.717, 1.165) is 0 Å². The molecule has 1 atom stereocenters. The highest BCUT2D eigenvalue weighted by molar-refractivity contribution is 7.89. The van der Waals surface area contributed by atoms with Gasteiger partial charge in [-0.3, -0.25) is 0 Å². The maximum Gasteiger partial charge on any atom is 0.243 e. The summed E-state index contributed by atoms with van der Waals surface area (Å²) in [5.74, 6) is 0.953. The number of sulfonamides is 1. The molecule has 0 bridgehead atoms. The maximum absolute atomic E-state index is 12.7. The van der Waals surface area contributed by atoms with Crippen LogP contribution < -0.4 is 4.74 Å². The highest BCUT2D eigenvalue weighted by Gasteiger charge is 2.27. The van der Waals surface area contributed by atoms with Crippen molar-refractivity contribution in [2.24, 2.45) is 0 Å². The summed E-state index contributed by atoms with van der Waals surface area (Å²) in [6, 6.07) is 4.65. The molecule has 7 heteroatoms. The molecule has 0 N–H and O–H groups in total. The maximum atomic E-state index is 12.7. The van der Waals surface area contributed by atoms with Crippen LogP contribution in [-0.4, -0.2) is 52.5 Å². The zero-order chi connectivity index (χ0) is 16.0. The topological polar surface area (TPSA) is 55.8 Å². The Kier molecular flexibility index (Phi) is 6.93. The lowest BCUT2D eigenvalue weighted by Gasteiger charge is -2.25. The number of methoxy groups -OCH3 is 2. The van der Waals surface area contributed by atoms with Gasteiger partial charge in [0, 0.05) is 26.1 Å². The van der Waals surface area contributed by atoms with E-state index in [9.17, 15) is 8.42 Å². The van der Waals surface area contributed by atoms with Crippen molar-refractivity contribution in [2.45, 2.75) is 24.3 Å². The number of nitrogens with zero attached hydrogens (tertiary/aromatic N) is 1. The van der Waals surface area contributed by atoms with E-state index in [-0.39, 0.29) is 10.9 Å². The van der Waals surface area contributed by atoms with Gasteiger partial charge >= 0.3 is 0 Å². The van der Waals surface area contributed by atoms with E-state index in [0.29, 0.717) is 30.2 Å². The lowest BCUT2D eigenvalue weighted by atomic mass is 10.1. The average molecular weight is 336 g/mol. The van der Waals surface area contributed by atoms with E-state index >= 15 is 0 Å². The molecule has 1 unspecified atom stereocenters. The predicted octanol–water partition coefficient (Wildman–Crippen LogP) is 2.13. The van der Waals surface area contributed by atoms with E-state index in [2.05, 4.69) is 0 Å². The summed E-state index contributed by atoms with van der Waals surface area (Å²) in [6.07, 6.45) is 0.458. The minimum Gasteiger partial charge on any atom is -0.497 e. The smallest absolute Gasteiger partial charge is 0.243 e. The Morgan fingerprint density at radius 1 is 1.33 bits per heavy atom. The van der Waals surface area contributed by atoms with Gasteiger partial charge in [0.1, 0.15) is 5.75 Å². The number of likely N-dealkylation sites (N-methyl/N-ethyl adjacent to an activating group) is 1. The molecular weight excluding hydrogens is 314 g/mol. The molecular formula is C14H22ClNO4S. The molecule has 5 nitrogen and oxygen atoms in total. The minimum absolute atomic E-state index is 0.258. The van der Waals surface area contributed by atoms with Gasteiger partial charge in [0.25, 0.3) is 0 Å². The number of hydrogen-bond acceptors (Lipinski definition) is 4. The molecule has 1 aromatic carbocycles. The van der Waals surface area contributed by atoms with Crippen molar-refractivity contribution in [3.63, 3.8) is 0 Å². The molecule has 0 spiro atoms.